The maximum absolute atomic E-state index is 15.5. The number of ether oxygens (including phenoxy) is 3. The maximum atomic E-state index is 15.5. The molecule has 0 unspecified atom stereocenters. The summed E-state index contributed by atoms with van der Waals surface area (Å²) in [4.78, 5) is 3.50. The van der Waals surface area contributed by atoms with Crippen LogP contribution in [0.2, 0.25) is 5.02 Å². The van der Waals surface area contributed by atoms with Crippen molar-refractivity contribution in [2.24, 2.45) is 0 Å². The summed E-state index contributed by atoms with van der Waals surface area (Å²) in [7, 11) is -0.0511. The van der Waals surface area contributed by atoms with E-state index in [0.717, 1.165) is 16.4 Å². The molecule has 0 aliphatic carbocycles. The van der Waals surface area contributed by atoms with Crippen molar-refractivity contribution in [1.82, 2.24) is 4.98 Å². The fraction of sp³-hybridized carbons (Fsp3) is 0.222. The highest BCUT2D eigenvalue weighted by Gasteiger charge is 2.31. The Morgan fingerprint density at radius 3 is 2.50 bits per heavy atom. The second kappa shape index (κ2) is 12.8. The van der Waals surface area contributed by atoms with Gasteiger partial charge in [0.15, 0.2) is 5.82 Å². The van der Waals surface area contributed by atoms with Crippen molar-refractivity contribution in [2.45, 2.75) is 24.6 Å². The Labute approximate surface area is 240 Å². The molecule has 0 atom stereocenters. The van der Waals surface area contributed by atoms with Gasteiger partial charge < -0.3 is 19.5 Å². The molecule has 40 heavy (non-hydrogen) atoms. The molecule has 0 fully saturated rings. The van der Waals surface area contributed by atoms with Crippen molar-refractivity contribution in [3.8, 4) is 11.5 Å². The summed E-state index contributed by atoms with van der Waals surface area (Å²) in [6, 6.07) is 11.5. The van der Waals surface area contributed by atoms with Crippen LogP contribution in [0.4, 0.5) is 20.3 Å². The number of sulfonamides is 1. The number of hydrogen-bond acceptors (Lipinski definition) is 8. The number of methoxy groups -OCH3 is 3. The molecular formula is C27H26ClF2N3O5S2. The monoisotopic (exact) mass is 609 g/mol. The van der Waals surface area contributed by atoms with Crippen LogP contribution in [0.3, 0.4) is 0 Å². The smallest absolute Gasteiger partial charge is 0.268 e. The van der Waals surface area contributed by atoms with E-state index in [-0.39, 0.29) is 36.2 Å². The quantitative estimate of drug-likeness (QED) is 0.203. The molecule has 0 saturated heterocycles. The Bertz CT molecular complexity index is 1590. The average Bonchev–Trinajstić information content (AvgIpc) is 3.47. The van der Waals surface area contributed by atoms with Crippen LogP contribution < -0.4 is 19.1 Å². The average molecular weight is 610 g/mol. The summed E-state index contributed by atoms with van der Waals surface area (Å²) in [6.07, 6.45) is 0. The summed E-state index contributed by atoms with van der Waals surface area (Å²) < 4.78 is 74.3. The lowest BCUT2D eigenvalue weighted by Gasteiger charge is -2.24. The van der Waals surface area contributed by atoms with E-state index in [1.54, 1.807) is 30.3 Å². The summed E-state index contributed by atoms with van der Waals surface area (Å²) in [6.45, 7) is -0.0514. The van der Waals surface area contributed by atoms with Gasteiger partial charge in [-0.2, -0.15) is 0 Å². The van der Waals surface area contributed by atoms with Gasteiger partial charge in [-0.25, -0.2) is 26.5 Å². The van der Waals surface area contributed by atoms with Gasteiger partial charge in [0.05, 0.1) is 43.6 Å². The summed E-state index contributed by atoms with van der Waals surface area (Å²) in [5.41, 5.74) is 3.00. The van der Waals surface area contributed by atoms with Crippen LogP contribution >= 0.6 is 22.9 Å². The molecule has 0 spiro atoms. The molecule has 8 nitrogen and oxygen atoms in total. The first kappa shape index (κ1) is 29.5. The van der Waals surface area contributed by atoms with E-state index >= 15 is 4.39 Å². The van der Waals surface area contributed by atoms with E-state index < -0.39 is 26.6 Å². The van der Waals surface area contributed by atoms with Crippen molar-refractivity contribution < 1.29 is 31.4 Å². The number of halogens is 3. The van der Waals surface area contributed by atoms with Crippen molar-refractivity contribution in [2.75, 3.05) is 31.0 Å². The van der Waals surface area contributed by atoms with Gasteiger partial charge in [-0.15, -0.1) is 11.3 Å². The Morgan fingerprint density at radius 2 is 1.82 bits per heavy atom. The van der Waals surface area contributed by atoms with Crippen LogP contribution in [0, 0.1) is 11.6 Å². The molecular weight excluding hydrogens is 584 g/mol. The fourth-order valence-electron chi connectivity index (χ4n) is 4.01. The number of thiazole rings is 1. The molecule has 0 aliphatic heterocycles. The number of aromatic nitrogens is 1. The fourth-order valence-corrected chi connectivity index (χ4v) is 6.38. The third kappa shape index (κ3) is 6.30. The van der Waals surface area contributed by atoms with E-state index in [1.165, 1.54) is 49.6 Å². The predicted octanol–water partition coefficient (Wildman–Crippen LogP) is 6.25. The SMILES string of the molecule is COCc1cccc(F)c1CNc1cc(F)c(S(=O)(=O)N(Cc2ccc(OC)cc2OC)c2cscn2)cc1Cl. The van der Waals surface area contributed by atoms with Gasteiger partial charge in [0.25, 0.3) is 10.0 Å². The minimum Gasteiger partial charge on any atom is -0.497 e. The molecule has 4 aromatic rings. The summed E-state index contributed by atoms with van der Waals surface area (Å²) in [5.74, 6) is -0.501. The summed E-state index contributed by atoms with van der Waals surface area (Å²) in [5, 5.41) is 4.37. The first-order valence-corrected chi connectivity index (χ1v) is 14.6. The molecule has 0 amide bonds. The van der Waals surface area contributed by atoms with Gasteiger partial charge in [0, 0.05) is 36.2 Å². The topological polar surface area (TPSA) is 90.0 Å². The predicted molar refractivity (Wildman–Crippen MR) is 151 cm³/mol. The number of anilines is 2. The lowest BCUT2D eigenvalue weighted by Crippen LogP contribution is -2.31. The van der Waals surface area contributed by atoms with E-state index in [1.807, 2.05) is 0 Å². The van der Waals surface area contributed by atoms with Crippen LogP contribution in [0.5, 0.6) is 11.5 Å². The van der Waals surface area contributed by atoms with Crippen LogP contribution in [-0.4, -0.2) is 34.7 Å². The highest BCUT2D eigenvalue weighted by Crippen LogP contribution is 2.35. The summed E-state index contributed by atoms with van der Waals surface area (Å²) >= 11 is 7.60. The van der Waals surface area contributed by atoms with Gasteiger partial charge in [-0.3, -0.25) is 0 Å². The maximum Gasteiger partial charge on any atom is 0.268 e. The van der Waals surface area contributed by atoms with E-state index in [2.05, 4.69) is 10.3 Å². The van der Waals surface area contributed by atoms with Crippen LogP contribution in [0.15, 0.2) is 64.3 Å². The number of nitrogens with one attached hydrogen (secondary N) is 1. The zero-order valence-electron chi connectivity index (χ0n) is 21.8. The second-order valence-electron chi connectivity index (χ2n) is 8.46. The first-order chi connectivity index (χ1) is 19.2. The highest BCUT2D eigenvalue weighted by molar-refractivity contribution is 7.92. The number of hydrogen-bond donors (Lipinski definition) is 1. The molecule has 1 aromatic heterocycles. The van der Waals surface area contributed by atoms with E-state index in [4.69, 9.17) is 25.8 Å². The van der Waals surface area contributed by atoms with Crippen molar-refractivity contribution in [1.29, 1.82) is 0 Å². The third-order valence-corrected chi connectivity index (χ3v) is 8.70. The molecule has 0 radical (unpaired) electrons. The molecule has 3 aromatic carbocycles. The molecule has 0 bridgehead atoms. The third-order valence-electron chi connectivity index (χ3n) is 6.04. The highest BCUT2D eigenvalue weighted by atomic mass is 35.5. The number of rotatable bonds is 12. The molecule has 0 aliphatic rings. The molecule has 4 rings (SSSR count). The Morgan fingerprint density at radius 1 is 1.02 bits per heavy atom. The normalized spacial score (nSPS) is 11.3. The van der Waals surface area contributed by atoms with E-state index in [9.17, 15) is 12.8 Å². The standard InChI is InChI=1S/C27H26ClF2N3O5S2/c1-36-14-18-5-4-6-22(29)20(18)12-31-24-11-23(30)26(10-21(24)28)40(34,35)33(27-15-39-16-32-27)13-17-7-8-19(37-2)9-25(17)38-3/h4-11,15-16,31H,12-14H2,1-3H3. The van der Waals surface area contributed by atoms with Crippen molar-refractivity contribution in [3.63, 3.8) is 0 Å². The minimum atomic E-state index is -4.49. The van der Waals surface area contributed by atoms with Crippen LogP contribution in [0.25, 0.3) is 0 Å². The number of nitrogens with zero attached hydrogens (tertiary/aromatic N) is 2. The molecule has 1 N–H and O–H groups in total. The van der Waals surface area contributed by atoms with Gasteiger partial charge >= 0.3 is 0 Å². The lowest BCUT2D eigenvalue weighted by atomic mass is 10.1. The second-order valence-corrected chi connectivity index (χ2v) is 11.4. The largest absolute Gasteiger partial charge is 0.497 e. The zero-order valence-corrected chi connectivity index (χ0v) is 24.2. The molecule has 1 heterocycles. The Kier molecular flexibility index (Phi) is 9.46. The van der Waals surface area contributed by atoms with Gasteiger partial charge in [0.2, 0.25) is 0 Å². The van der Waals surface area contributed by atoms with Gasteiger partial charge in [0.1, 0.15) is 28.0 Å². The molecule has 13 heteroatoms. The van der Waals surface area contributed by atoms with Crippen LogP contribution in [-0.2, 0) is 34.5 Å². The first-order valence-electron chi connectivity index (χ1n) is 11.8. The van der Waals surface area contributed by atoms with Crippen molar-refractivity contribution >= 4 is 44.5 Å². The Balaban J connectivity index is 1.67. The van der Waals surface area contributed by atoms with Gasteiger partial charge in [-0.05, 0) is 35.9 Å². The zero-order chi connectivity index (χ0) is 28.9. The molecule has 212 valence electrons. The lowest BCUT2D eigenvalue weighted by molar-refractivity contribution is 0.184. The van der Waals surface area contributed by atoms with Crippen molar-refractivity contribution in [3.05, 3.63) is 92.8 Å². The van der Waals surface area contributed by atoms with Gasteiger partial charge in [-0.1, -0.05) is 23.7 Å². The minimum absolute atomic E-state index is 0.0289. The van der Waals surface area contributed by atoms with E-state index in [0.29, 0.717) is 28.2 Å². The molecule has 0 saturated carbocycles. The van der Waals surface area contributed by atoms with Crippen LogP contribution in [0.1, 0.15) is 16.7 Å². The Hall–Kier alpha value is -3.45. The number of benzene rings is 3.